The largest absolute Gasteiger partial charge is 0.481 e. The second-order valence-electron chi connectivity index (χ2n) is 5.39. The summed E-state index contributed by atoms with van der Waals surface area (Å²) in [5.41, 5.74) is 0. The van der Waals surface area contributed by atoms with Crippen LogP contribution < -0.4 is 0 Å². The van der Waals surface area contributed by atoms with Crippen LogP contribution in [0.5, 0.6) is 0 Å². The van der Waals surface area contributed by atoms with E-state index in [9.17, 15) is 4.79 Å². The molecule has 2 radical (unpaired) electrons. The molecule has 0 aliphatic heterocycles. The summed E-state index contributed by atoms with van der Waals surface area (Å²) < 4.78 is 0. The number of carboxylic acid groups (broad SMARTS) is 1. The molecule has 0 aromatic carbocycles. The van der Waals surface area contributed by atoms with E-state index < -0.39 is 5.97 Å². The molecule has 0 bridgehead atoms. The number of carboxylic acids is 1. The van der Waals surface area contributed by atoms with Crippen LogP contribution in [0.25, 0.3) is 0 Å². The van der Waals surface area contributed by atoms with Crippen molar-refractivity contribution in [3.8, 4) is 0 Å². The first kappa shape index (κ1) is 22.0. The molecule has 0 unspecified atom stereocenters. The molecule has 0 spiro atoms. The molecule has 0 aromatic heterocycles. The monoisotopic (exact) mass is 296 g/mol. The maximum atomic E-state index is 10.3. The van der Waals surface area contributed by atoms with Crippen LogP contribution in [0.2, 0.25) is 0 Å². The molecule has 0 aliphatic carbocycles. The molecule has 0 fully saturated rings. The standard InChI is InChI=1S/C16H32O2.Ca/c1-2-3-4-5-6-7-8-9-10-11-12-13-14-15-16(17)18;/h2-15H2,1H3,(H,17,18);. The zero-order valence-corrected chi connectivity index (χ0v) is 15.2. The second-order valence-corrected chi connectivity index (χ2v) is 5.39. The van der Waals surface area contributed by atoms with E-state index in [4.69, 9.17) is 5.11 Å². The third-order valence-corrected chi connectivity index (χ3v) is 3.49. The molecule has 3 heteroatoms. The maximum Gasteiger partial charge on any atom is 0.303 e. The summed E-state index contributed by atoms with van der Waals surface area (Å²) in [6.45, 7) is 2.26. The molecule has 0 heterocycles. The molecule has 0 saturated heterocycles. The predicted molar refractivity (Wildman–Crippen MR) is 83.7 cm³/mol. The summed E-state index contributed by atoms with van der Waals surface area (Å²) >= 11 is 0. The first-order valence-corrected chi connectivity index (χ1v) is 7.99. The van der Waals surface area contributed by atoms with E-state index in [2.05, 4.69) is 6.92 Å². The van der Waals surface area contributed by atoms with Crippen molar-refractivity contribution < 1.29 is 9.90 Å². The molecule has 19 heavy (non-hydrogen) atoms. The molecule has 0 rings (SSSR count). The van der Waals surface area contributed by atoms with Crippen LogP contribution in [0, 0.1) is 0 Å². The third kappa shape index (κ3) is 21.2. The van der Waals surface area contributed by atoms with E-state index in [1.54, 1.807) is 0 Å². The van der Waals surface area contributed by atoms with Gasteiger partial charge in [-0.3, -0.25) is 4.79 Å². The Bertz CT molecular complexity index is 184. The van der Waals surface area contributed by atoms with Crippen molar-refractivity contribution >= 4 is 43.7 Å². The minimum Gasteiger partial charge on any atom is -0.481 e. The van der Waals surface area contributed by atoms with Gasteiger partial charge in [0.15, 0.2) is 0 Å². The van der Waals surface area contributed by atoms with Crippen LogP contribution in [0.4, 0.5) is 0 Å². The maximum absolute atomic E-state index is 10.3. The Morgan fingerprint density at radius 2 is 1.00 bits per heavy atom. The van der Waals surface area contributed by atoms with Crippen LogP contribution in [0.15, 0.2) is 0 Å². The predicted octanol–water partition coefficient (Wildman–Crippen LogP) is 5.17. The van der Waals surface area contributed by atoms with Gasteiger partial charge in [-0.2, -0.15) is 0 Å². The van der Waals surface area contributed by atoms with Gasteiger partial charge in [0.25, 0.3) is 0 Å². The number of carbonyl (C=O) groups is 1. The van der Waals surface area contributed by atoms with Crippen LogP contribution in [0.3, 0.4) is 0 Å². The average molecular weight is 297 g/mol. The Morgan fingerprint density at radius 1 is 0.684 bits per heavy atom. The number of hydrogen-bond acceptors (Lipinski definition) is 1. The normalized spacial score (nSPS) is 10.2. The summed E-state index contributed by atoms with van der Waals surface area (Å²) in [5.74, 6) is -0.655. The first-order chi connectivity index (χ1) is 8.77. The Morgan fingerprint density at radius 3 is 1.32 bits per heavy atom. The van der Waals surface area contributed by atoms with Gasteiger partial charge in [-0.05, 0) is 6.42 Å². The van der Waals surface area contributed by atoms with Crippen molar-refractivity contribution in [3.05, 3.63) is 0 Å². The molecule has 0 aliphatic rings. The van der Waals surface area contributed by atoms with Crippen molar-refractivity contribution in [1.82, 2.24) is 0 Å². The molecule has 0 amide bonds. The summed E-state index contributed by atoms with van der Waals surface area (Å²) in [5, 5.41) is 8.49. The summed E-state index contributed by atoms with van der Waals surface area (Å²) in [6.07, 6.45) is 17.3. The molecular weight excluding hydrogens is 264 g/mol. The van der Waals surface area contributed by atoms with Gasteiger partial charge in [-0.15, -0.1) is 0 Å². The molecule has 2 nitrogen and oxygen atoms in total. The fraction of sp³-hybridized carbons (Fsp3) is 0.938. The quantitative estimate of drug-likeness (QED) is 0.354. The first-order valence-electron chi connectivity index (χ1n) is 7.99. The molecular formula is C16H32CaO2. The van der Waals surface area contributed by atoms with Crippen molar-refractivity contribution in [1.29, 1.82) is 0 Å². The fourth-order valence-electron chi connectivity index (χ4n) is 2.29. The fourth-order valence-corrected chi connectivity index (χ4v) is 2.29. The van der Waals surface area contributed by atoms with Crippen LogP contribution >= 0.6 is 0 Å². The SMILES string of the molecule is CCCCCCCCCCCCCCCC(=O)O.[Ca]. The van der Waals surface area contributed by atoms with E-state index in [1.807, 2.05) is 0 Å². The van der Waals surface area contributed by atoms with Crippen LogP contribution in [0.1, 0.15) is 96.8 Å². The van der Waals surface area contributed by atoms with E-state index in [0.29, 0.717) is 6.42 Å². The second kappa shape index (κ2) is 18.7. The van der Waals surface area contributed by atoms with Crippen molar-refractivity contribution in [2.24, 2.45) is 0 Å². The minimum absolute atomic E-state index is 0. The average Bonchev–Trinajstić information content (AvgIpc) is 2.34. The van der Waals surface area contributed by atoms with Gasteiger partial charge in [0.05, 0.1) is 0 Å². The number of aliphatic carboxylic acids is 1. The third-order valence-electron chi connectivity index (χ3n) is 3.49. The Labute approximate surface area is 149 Å². The van der Waals surface area contributed by atoms with Crippen molar-refractivity contribution in [3.63, 3.8) is 0 Å². The van der Waals surface area contributed by atoms with Gasteiger partial charge >= 0.3 is 5.97 Å². The molecule has 0 atom stereocenters. The van der Waals surface area contributed by atoms with E-state index in [-0.39, 0.29) is 37.7 Å². The summed E-state index contributed by atoms with van der Waals surface area (Å²) in [7, 11) is 0. The van der Waals surface area contributed by atoms with Gasteiger partial charge in [-0.25, -0.2) is 0 Å². The molecule has 110 valence electrons. The van der Waals surface area contributed by atoms with Gasteiger partial charge < -0.3 is 5.11 Å². The topological polar surface area (TPSA) is 37.3 Å². The zero-order valence-electron chi connectivity index (χ0n) is 13.0. The molecule has 0 saturated carbocycles. The minimum atomic E-state index is -0.655. The smallest absolute Gasteiger partial charge is 0.303 e. The number of unbranched alkanes of at least 4 members (excludes halogenated alkanes) is 12. The van der Waals surface area contributed by atoms with E-state index >= 15 is 0 Å². The van der Waals surface area contributed by atoms with Crippen molar-refractivity contribution in [2.75, 3.05) is 0 Å². The van der Waals surface area contributed by atoms with Gasteiger partial charge in [0.1, 0.15) is 0 Å². The summed E-state index contributed by atoms with van der Waals surface area (Å²) in [6, 6.07) is 0. The molecule has 0 aromatic rings. The van der Waals surface area contributed by atoms with Crippen LogP contribution in [-0.2, 0) is 4.79 Å². The number of rotatable bonds is 14. The van der Waals surface area contributed by atoms with Crippen molar-refractivity contribution in [2.45, 2.75) is 96.8 Å². The Hall–Kier alpha value is 0.730. The van der Waals surface area contributed by atoms with Gasteiger partial charge in [0.2, 0.25) is 0 Å². The van der Waals surface area contributed by atoms with E-state index in [0.717, 1.165) is 12.8 Å². The number of hydrogen-bond donors (Lipinski definition) is 1. The summed E-state index contributed by atoms with van der Waals surface area (Å²) in [4.78, 5) is 10.3. The Balaban J connectivity index is 0. The zero-order chi connectivity index (χ0) is 13.5. The Kier molecular flexibility index (Phi) is 21.7. The van der Waals surface area contributed by atoms with Gasteiger partial charge in [-0.1, -0.05) is 84.0 Å². The van der Waals surface area contributed by atoms with Gasteiger partial charge in [0, 0.05) is 44.2 Å². The van der Waals surface area contributed by atoms with Crippen LogP contribution in [-0.4, -0.2) is 48.8 Å². The molecule has 1 N–H and O–H groups in total. The van der Waals surface area contributed by atoms with E-state index in [1.165, 1.54) is 70.6 Å².